The highest BCUT2D eigenvalue weighted by Crippen LogP contribution is 2.29. The number of sulfone groups is 1. The molecule has 0 atom stereocenters. The molecule has 0 fully saturated rings. The zero-order valence-electron chi connectivity index (χ0n) is 16.2. The first-order valence-corrected chi connectivity index (χ1v) is 10.9. The van der Waals surface area contributed by atoms with E-state index < -0.39 is 9.84 Å². The van der Waals surface area contributed by atoms with Crippen LogP contribution in [0, 0.1) is 6.92 Å². The number of aromatic nitrogens is 3. The fourth-order valence-electron chi connectivity index (χ4n) is 3.33. The van der Waals surface area contributed by atoms with E-state index in [1.807, 2.05) is 36.7 Å². The lowest BCUT2D eigenvalue weighted by molar-refractivity contribution is 0.112. The van der Waals surface area contributed by atoms with Gasteiger partial charge in [0.05, 0.1) is 21.8 Å². The lowest BCUT2D eigenvalue weighted by atomic mass is 10.1. The minimum Gasteiger partial charge on any atom is -0.327 e. The van der Waals surface area contributed by atoms with E-state index in [1.54, 1.807) is 36.4 Å². The molecule has 2 aromatic carbocycles. The second-order valence-corrected chi connectivity index (χ2v) is 9.01. The van der Waals surface area contributed by atoms with Crippen LogP contribution >= 0.6 is 0 Å². The minimum absolute atomic E-state index is 0.277. The number of pyridine rings is 1. The lowest BCUT2D eigenvalue weighted by Gasteiger charge is -2.06. The number of carbonyl (C=O) groups excluding carboxylic acids is 1. The van der Waals surface area contributed by atoms with Crippen molar-refractivity contribution in [2.24, 2.45) is 7.05 Å². The molecule has 0 saturated carbocycles. The number of aryl methyl sites for hydroxylation is 2. The van der Waals surface area contributed by atoms with Crippen LogP contribution in [0.25, 0.3) is 33.7 Å². The fraction of sp³-hybridized carbons (Fsp3) is 0.136. The van der Waals surface area contributed by atoms with Crippen molar-refractivity contribution in [2.75, 3.05) is 6.26 Å². The molecule has 29 heavy (non-hydrogen) atoms. The number of hydrogen-bond acceptors (Lipinski definition) is 5. The Kier molecular flexibility index (Phi) is 4.55. The van der Waals surface area contributed by atoms with Gasteiger partial charge in [-0.15, -0.1) is 0 Å². The SMILES string of the molecule is Cc1nc(-c2ccc(C=O)cc2)cc2c1nc(-c1ccc(S(C)(=O)=O)cc1)n2C. The van der Waals surface area contributed by atoms with E-state index in [9.17, 15) is 13.2 Å². The maximum Gasteiger partial charge on any atom is 0.175 e. The average molecular weight is 405 g/mol. The van der Waals surface area contributed by atoms with Gasteiger partial charge in [0.1, 0.15) is 17.6 Å². The highest BCUT2D eigenvalue weighted by Gasteiger charge is 2.15. The summed E-state index contributed by atoms with van der Waals surface area (Å²) in [6.07, 6.45) is 2.00. The Bertz CT molecular complexity index is 1340. The first-order chi connectivity index (χ1) is 13.8. The molecule has 4 rings (SSSR count). The third kappa shape index (κ3) is 3.45. The summed E-state index contributed by atoms with van der Waals surface area (Å²) < 4.78 is 25.4. The maximum absolute atomic E-state index is 11.7. The Morgan fingerprint density at radius 1 is 0.931 bits per heavy atom. The standard InChI is InChI=1S/C22H19N3O3S/c1-14-21-20(12-19(23-14)16-6-4-15(13-26)5-7-16)25(2)22(24-21)17-8-10-18(11-9-17)29(3,27)28/h4-13H,1-3H3. The van der Waals surface area contributed by atoms with Crippen LogP contribution in [0.3, 0.4) is 0 Å². The van der Waals surface area contributed by atoms with E-state index in [4.69, 9.17) is 4.98 Å². The van der Waals surface area contributed by atoms with Crippen LogP contribution in [0.4, 0.5) is 0 Å². The molecule has 0 bridgehead atoms. The van der Waals surface area contributed by atoms with E-state index >= 15 is 0 Å². The molecule has 0 spiro atoms. The van der Waals surface area contributed by atoms with Gasteiger partial charge >= 0.3 is 0 Å². The summed E-state index contributed by atoms with van der Waals surface area (Å²) in [7, 11) is -1.32. The number of carbonyl (C=O) groups is 1. The van der Waals surface area contributed by atoms with Gasteiger partial charge in [-0.1, -0.05) is 24.3 Å². The van der Waals surface area contributed by atoms with Crippen molar-refractivity contribution in [3.8, 4) is 22.6 Å². The molecular weight excluding hydrogens is 386 g/mol. The van der Waals surface area contributed by atoms with Crippen molar-refractivity contribution >= 4 is 27.2 Å². The quantitative estimate of drug-likeness (QED) is 0.482. The zero-order chi connectivity index (χ0) is 20.8. The summed E-state index contributed by atoms with van der Waals surface area (Å²) in [6, 6.07) is 16.0. The fourth-order valence-corrected chi connectivity index (χ4v) is 3.96. The van der Waals surface area contributed by atoms with E-state index in [2.05, 4.69) is 4.98 Å². The van der Waals surface area contributed by atoms with Crippen molar-refractivity contribution in [2.45, 2.75) is 11.8 Å². The summed E-state index contributed by atoms with van der Waals surface area (Å²) in [5.74, 6) is 0.735. The minimum atomic E-state index is -3.24. The van der Waals surface area contributed by atoms with Crippen LogP contribution < -0.4 is 0 Å². The molecule has 0 unspecified atom stereocenters. The van der Waals surface area contributed by atoms with Crippen LogP contribution in [-0.4, -0.2) is 35.5 Å². The Labute approximate surface area is 168 Å². The van der Waals surface area contributed by atoms with Gasteiger partial charge in [0.15, 0.2) is 9.84 Å². The number of nitrogens with zero attached hydrogens (tertiary/aromatic N) is 3. The van der Waals surface area contributed by atoms with E-state index in [0.29, 0.717) is 5.56 Å². The number of rotatable bonds is 4. The molecular formula is C22H19N3O3S. The number of fused-ring (bicyclic) bond motifs is 1. The van der Waals surface area contributed by atoms with Gasteiger partial charge in [0, 0.05) is 30.0 Å². The third-order valence-electron chi connectivity index (χ3n) is 4.93. The van der Waals surface area contributed by atoms with E-state index in [0.717, 1.165) is 45.7 Å². The summed E-state index contributed by atoms with van der Waals surface area (Å²) in [4.78, 5) is 20.6. The highest BCUT2D eigenvalue weighted by molar-refractivity contribution is 7.90. The van der Waals surface area contributed by atoms with Gasteiger partial charge in [-0.2, -0.15) is 0 Å². The van der Waals surface area contributed by atoms with Gasteiger partial charge in [0.25, 0.3) is 0 Å². The molecule has 0 aliphatic carbocycles. The molecule has 4 aromatic rings. The first kappa shape index (κ1) is 19.0. The van der Waals surface area contributed by atoms with Crippen molar-refractivity contribution in [3.63, 3.8) is 0 Å². The molecule has 0 aliphatic heterocycles. The number of aldehydes is 1. The van der Waals surface area contributed by atoms with Crippen LogP contribution in [0.5, 0.6) is 0 Å². The van der Waals surface area contributed by atoms with Crippen molar-refractivity contribution in [1.29, 1.82) is 0 Å². The second-order valence-electron chi connectivity index (χ2n) is 6.99. The van der Waals surface area contributed by atoms with Crippen LogP contribution in [-0.2, 0) is 16.9 Å². The zero-order valence-corrected chi connectivity index (χ0v) is 17.1. The van der Waals surface area contributed by atoms with Gasteiger partial charge in [-0.25, -0.2) is 13.4 Å². The Hall–Kier alpha value is -3.32. The van der Waals surface area contributed by atoms with Crippen LogP contribution in [0.1, 0.15) is 16.1 Å². The second kappa shape index (κ2) is 6.93. The van der Waals surface area contributed by atoms with Gasteiger partial charge in [-0.05, 0) is 37.3 Å². The van der Waals surface area contributed by atoms with Crippen molar-refractivity contribution in [1.82, 2.24) is 14.5 Å². The summed E-state index contributed by atoms with van der Waals surface area (Å²) in [5.41, 5.74) is 5.68. The van der Waals surface area contributed by atoms with Crippen LogP contribution in [0.2, 0.25) is 0 Å². The van der Waals surface area contributed by atoms with Gasteiger partial charge in [-0.3, -0.25) is 9.78 Å². The maximum atomic E-state index is 11.7. The third-order valence-corrected chi connectivity index (χ3v) is 6.06. The molecule has 7 heteroatoms. The average Bonchev–Trinajstić information content (AvgIpc) is 3.05. The molecule has 6 nitrogen and oxygen atoms in total. The van der Waals surface area contributed by atoms with E-state index in [-0.39, 0.29) is 4.90 Å². The number of hydrogen-bond donors (Lipinski definition) is 0. The Morgan fingerprint density at radius 2 is 1.55 bits per heavy atom. The summed E-state index contributed by atoms with van der Waals surface area (Å²) in [5, 5.41) is 0. The van der Waals surface area contributed by atoms with Crippen molar-refractivity contribution in [3.05, 3.63) is 65.9 Å². The lowest BCUT2D eigenvalue weighted by Crippen LogP contribution is -1.97. The Balaban J connectivity index is 1.83. The normalized spacial score (nSPS) is 11.7. The molecule has 0 saturated heterocycles. The number of benzene rings is 2. The Morgan fingerprint density at radius 3 is 2.14 bits per heavy atom. The van der Waals surface area contributed by atoms with Crippen LogP contribution in [0.15, 0.2) is 59.5 Å². The molecule has 0 amide bonds. The van der Waals surface area contributed by atoms with Gasteiger partial charge in [0.2, 0.25) is 0 Å². The molecule has 2 aromatic heterocycles. The highest BCUT2D eigenvalue weighted by atomic mass is 32.2. The molecule has 0 aliphatic rings. The summed E-state index contributed by atoms with van der Waals surface area (Å²) >= 11 is 0. The number of imidazole rings is 1. The predicted octanol–water partition coefficient (Wildman–Crippen LogP) is 3.83. The van der Waals surface area contributed by atoms with Crippen molar-refractivity contribution < 1.29 is 13.2 Å². The van der Waals surface area contributed by atoms with Gasteiger partial charge < -0.3 is 4.57 Å². The smallest absolute Gasteiger partial charge is 0.175 e. The predicted molar refractivity (Wildman–Crippen MR) is 113 cm³/mol. The molecule has 2 heterocycles. The topological polar surface area (TPSA) is 81.9 Å². The summed E-state index contributed by atoms with van der Waals surface area (Å²) in [6.45, 7) is 1.91. The first-order valence-electron chi connectivity index (χ1n) is 8.98. The molecule has 146 valence electrons. The largest absolute Gasteiger partial charge is 0.327 e. The molecule has 0 radical (unpaired) electrons. The van der Waals surface area contributed by atoms with E-state index in [1.165, 1.54) is 6.26 Å². The monoisotopic (exact) mass is 405 g/mol. The molecule has 0 N–H and O–H groups in total.